The van der Waals surface area contributed by atoms with Gasteiger partial charge in [-0.1, -0.05) is 6.58 Å². The Labute approximate surface area is 124 Å². The Bertz CT molecular complexity index is 561. The second-order valence-electron chi connectivity index (χ2n) is 5.40. The molecule has 5 nitrogen and oxygen atoms in total. The van der Waals surface area contributed by atoms with Gasteiger partial charge in [0.2, 0.25) is 0 Å². The first-order valence-electron chi connectivity index (χ1n) is 7.08. The number of hydrogen-bond donors (Lipinski definition) is 2. The Morgan fingerprint density at radius 2 is 2.05 bits per heavy atom. The molecule has 0 amide bonds. The van der Waals surface area contributed by atoms with Crippen molar-refractivity contribution in [2.24, 2.45) is 5.73 Å². The van der Waals surface area contributed by atoms with E-state index in [0.717, 1.165) is 43.5 Å². The molecule has 1 saturated heterocycles. The number of benzene rings is 1. The van der Waals surface area contributed by atoms with Crippen LogP contribution < -0.4 is 16.4 Å². The number of carbonyl (C=O) groups excluding carboxylic acids is 2. The molecule has 2 rings (SSSR count). The normalized spacial score (nSPS) is 15.8. The van der Waals surface area contributed by atoms with Crippen molar-refractivity contribution in [1.29, 1.82) is 0 Å². The zero-order valence-electron chi connectivity index (χ0n) is 12.0. The number of ketones is 1. The number of nitrogen functional groups attached to an aromatic ring is 1. The summed E-state index contributed by atoms with van der Waals surface area (Å²) in [5, 5.41) is 0. The lowest BCUT2D eigenvalue weighted by Gasteiger charge is -2.33. The Balaban J connectivity index is 2.37. The number of hydrogen-bond acceptors (Lipinski definition) is 5. The summed E-state index contributed by atoms with van der Waals surface area (Å²) in [6, 6.07) is 3.71. The number of nitrogens with two attached hydrogens (primary N) is 2. The summed E-state index contributed by atoms with van der Waals surface area (Å²) in [6.45, 7) is 5.13. The molecule has 1 fully saturated rings. The molecule has 0 spiro atoms. The summed E-state index contributed by atoms with van der Waals surface area (Å²) >= 11 is 0. The van der Waals surface area contributed by atoms with Gasteiger partial charge in [0.25, 0.3) is 0 Å². The smallest absolute Gasteiger partial charge is 0.159 e. The van der Waals surface area contributed by atoms with E-state index in [2.05, 4.69) is 11.5 Å². The van der Waals surface area contributed by atoms with Crippen LogP contribution in [0.25, 0.3) is 0 Å². The van der Waals surface area contributed by atoms with Crippen LogP contribution >= 0.6 is 0 Å². The SMILES string of the molecule is C=CC(=O)Cc1cc(N)c(C=O)cc1N1CCC(N)CC1. The predicted octanol–water partition coefficient (Wildman–Crippen LogP) is 1.31. The van der Waals surface area contributed by atoms with E-state index in [-0.39, 0.29) is 18.2 Å². The number of piperidine rings is 1. The van der Waals surface area contributed by atoms with Crippen molar-refractivity contribution in [1.82, 2.24) is 0 Å². The zero-order chi connectivity index (χ0) is 15.4. The first kappa shape index (κ1) is 15.3. The van der Waals surface area contributed by atoms with Gasteiger partial charge in [-0.15, -0.1) is 0 Å². The molecule has 0 aromatic heterocycles. The highest BCUT2D eigenvalue weighted by Crippen LogP contribution is 2.29. The van der Waals surface area contributed by atoms with Crippen molar-refractivity contribution in [3.05, 3.63) is 35.9 Å². The van der Waals surface area contributed by atoms with E-state index in [1.54, 1.807) is 12.1 Å². The predicted molar refractivity (Wildman–Crippen MR) is 84.6 cm³/mol. The molecule has 21 heavy (non-hydrogen) atoms. The van der Waals surface area contributed by atoms with Gasteiger partial charge in [0.1, 0.15) is 0 Å². The van der Waals surface area contributed by atoms with Crippen molar-refractivity contribution >= 4 is 23.4 Å². The van der Waals surface area contributed by atoms with Gasteiger partial charge in [-0.05, 0) is 36.6 Å². The first-order chi connectivity index (χ1) is 10.0. The van der Waals surface area contributed by atoms with Crippen molar-refractivity contribution < 1.29 is 9.59 Å². The molecule has 112 valence electrons. The third-order valence-electron chi connectivity index (χ3n) is 3.88. The summed E-state index contributed by atoms with van der Waals surface area (Å²) in [4.78, 5) is 24.9. The molecule has 0 aliphatic carbocycles. The minimum Gasteiger partial charge on any atom is -0.398 e. The lowest BCUT2D eigenvalue weighted by molar-refractivity contribution is -0.114. The molecule has 1 aromatic rings. The van der Waals surface area contributed by atoms with Crippen molar-refractivity contribution in [3.63, 3.8) is 0 Å². The Hall–Kier alpha value is -2.14. The minimum absolute atomic E-state index is 0.0665. The monoisotopic (exact) mass is 287 g/mol. The number of nitrogens with zero attached hydrogens (tertiary/aromatic N) is 1. The lowest BCUT2D eigenvalue weighted by Crippen LogP contribution is -2.40. The fraction of sp³-hybridized carbons (Fsp3) is 0.375. The van der Waals surface area contributed by atoms with Gasteiger partial charge in [0.05, 0.1) is 0 Å². The van der Waals surface area contributed by atoms with E-state index >= 15 is 0 Å². The molecule has 1 heterocycles. The first-order valence-corrected chi connectivity index (χ1v) is 7.08. The maximum absolute atomic E-state index is 11.7. The molecular formula is C16H21N3O2. The van der Waals surface area contributed by atoms with Crippen LogP contribution in [0, 0.1) is 0 Å². The fourth-order valence-corrected chi connectivity index (χ4v) is 2.61. The maximum Gasteiger partial charge on any atom is 0.159 e. The van der Waals surface area contributed by atoms with Gasteiger partial charge in [-0.3, -0.25) is 9.59 Å². The number of carbonyl (C=O) groups is 2. The zero-order valence-corrected chi connectivity index (χ0v) is 12.0. The van der Waals surface area contributed by atoms with Gasteiger partial charge in [0, 0.05) is 42.5 Å². The van der Waals surface area contributed by atoms with Crippen LogP contribution in [-0.4, -0.2) is 31.2 Å². The molecule has 1 aliphatic rings. The molecule has 0 atom stereocenters. The summed E-state index contributed by atoms with van der Waals surface area (Å²) < 4.78 is 0. The molecule has 1 aliphatic heterocycles. The average Bonchev–Trinajstić information content (AvgIpc) is 2.48. The van der Waals surface area contributed by atoms with Gasteiger partial charge in [0.15, 0.2) is 12.1 Å². The highest BCUT2D eigenvalue weighted by Gasteiger charge is 2.20. The second-order valence-corrected chi connectivity index (χ2v) is 5.40. The van der Waals surface area contributed by atoms with E-state index in [9.17, 15) is 9.59 Å². The van der Waals surface area contributed by atoms with Crippen LogP contribution in [0.1, 0.15) is 28.8 Å². The van der Waals surface area contributed by atoms with E-state index in [1.807, 2.05) is 0 Å². The standard InChI is InChI=1S/C16H21N3O2/c1-2-14(21)7-11-8-15(18)12(10-20)9-16(11)19-5-3-13(17)4-6-19/h2,8-10,13H,1,3-7,17-18H2. The largest absolute Gasteiger partial charge is 0.398 e. The number of anilines is 2. The summed E-state index contributed by atoms with van der Waals surface area (Å²) in [7, 11) is 0. The third kappa shape index (κ3) is 3.49. The average molecular weight is 287 g/mol. The van der Waals surface area contributed by atoms with Crippen LogP contribution in [0.15, 0.2) is 24.8 Å². The van der Waals surface area contributed by atoms with Crippen molar-refractivity contribution in [3.8, 4) is 0 Å². The van der Waals surface area contributed by atoms with E-state index in [4.69, 9.17) is 11.5 Å². The molecule has 5 heteroatoms. The molecule has 1 aromatic carbocycles. The highest BCUT2D eigenvalue weighted by molar-refractivity contribution is 5.93. The lowest BCUT2D eigenvalue weighted by atomic mass is 9.99. The van der Waals surface area contributed by atoms with Gasteiger partial charge >= 0.3 is 0 Å². The van der Waals surface area contributed by atoms with Gasteiger partial charge in [-0.25, -0.2) is 0 Å². The molecule has 0 radical (unpaired) electrons. The molecule has 4 N–H and O–H groups in total. The highest BCUT2D eigenvalue weighted by atomic mass is 16.1. The molecule has 0 saturated carbocycles. The Morgan fingerprint density at radius 3 is 2.62 bits per heavy atom. The molecule has 0 bridgehead atoms. The van der Waals surface area contributed by atoms with Crippen LogP contribution in [0.4, 0.5) is 11.4 Å². The third-order valence-corrected chi connectivity index (χ3v) is 3.88. The quantitative estimate of drug-likeness (QED) is 0.484. The Kier molecular flexibility index (Phi) is 4.75. The van der Waals surface area contributed by atoms with Crippen LogP contribution in [0.3, 0.4) is 0 Å². The summed E-state index contributed by atoms with van der Waals surface area (Å²) in [5.41, 5.74) is 14.4. The summed E-state index contributed by atoms with van der Waals surface area (Å²) in [5.74, 6) is -0.0665. The van der Waals surface area contributed by atoms with Gasteiger partial charge in [-0.2, -0.15) is 0 Å². The van der Waals surface area contributed by atoms with Gasteiger partial charge < -0.3 is 16.4 Å². The second kappa shape index (κ2) is 6.54. The molecule has 0 unspecified atom stereocenters. The summed E-state index contributed by atoms with van der Waals surface area (Å²) in [6.07, 6.45) is 4.09. The van der Waals surface area contributed by atoms with E-state index in [0.29, 0.717) is 11.3 Å². The van der Waals surface area contributed by atoms with Crippen LogP contribution in [0.5, 0.6) is 0 Å². The van der Waals surface area contributed by atoms with E-state index < -0.39 is 0 Å². The molecular weight excluding hydrogens is 266 g/mol. The van der Waals surface area contributed by atoms with E-state index in [1.165, 1.54) is 6.08 Å². The van der Waals surface area contributed by atoms with Crippen molar-refractivity contribution in [2.45, 2.75) is 25.3 Å². The minimum atomic E-state index is -0.0665. The number of aldehydes is 1. The topological polar surface area (TPSA) is 89.4 Å². The fourth-order valence-electron chi connectivity index (χ4n) is 2.61. The number of rotatable bonds is 5. The maximum atomic E-state index is 11.7. The van der Waals surface area contributed by atoms with Crippen LogP contribution in [-0.2, 0) is 11.2 Å². The van der Waals surface area contributed by atoms with Crippen molar-refractivity contribution in [2.75, 3.05) is 23.7 Å². The Morgan fingerprint density at radius 1 is 1.38 bits per heavy atom. The number of allylic oxidation sites excluding steroid dienone is 1. The van der Waals surface area contributed by atoms with Crippen LogP contribution in [0.2, 0.25) is 0 Å².